The van der Waals surface area contributed by atoms with Crippen LogP contribution in [0.3, 0.4) is 0 Å². The van der Waals surface area contributed by atoms with Crippen LogP contribution in [-0.4, -0.2) is 27.0 Å². The third kappa shape index (κ3) is 2.39. The molecular formula is C15H14N2O4S. The second-order valence-electron chi connectivity index (χ2n) is 4.83. The molecule has 22 heavy (non-hydrogen) atoms. The van der Waals surface area contributed by atoms with Gasteiger partial charge in [-0.15, -0.1) is 0 Å². The fraction of sp³-hybridized carbons (Fsp3) is 0.133. The Kier molecular flexibility index (Phi) is 3.50. The van der Waals surface area contributed by atoms with Crippen LogP contribution in [0, 0.1) is 0 Å². The summed E-state index contributed by atoms with van der Waals surface area (Å²) in [5, 5.41) is 0. The van der Waals surface area contributed by atoms with Crippen molar-refractivity contribution in [2.75, 3.05) is 10.8 Å². The van der Waals surface area contributed by atoms with Gasteiger partial charge in [-0.2, -0.15) is 0 Å². The normalized spacial score (nSPS) is 17.5. The molecule has 0 spiro atoms. The van der Waals surface area contributed by atoms with E-state index in [4.69, 9.17) is 10.5 Å². The number of benzene rings is 2. The van der Waals surface area contributed by atoms with E-state index in [1.54, 1.807) is 42.5 Å². The molecule has 0 fully saturated rings. The molecule has 2 aromatic rings. The van der Waals surface area contributed by atoms with Crippen LogP contribution >= 0.6 is 0 Å². The Morgan fingerprint density at radius 1 is 1.09 bits per heavy atom. The Hall–Kier alpha value is -2.54. The summed E-state index contributed by atoms with van der Waals surface area (Å²) in [4.78, 5) is 11.6. The lowest BCUT2D eigenvalue weighted by Gasteiger charge is -2.34. The van der Waals surface area contributed by atoms with E-state index < -0.39 is 22.0 Å². The molecule has 0 saturated heterocycles. The number of primary amides is 1. The third-order valence-corrected chi connectivity index (χ3v) is 5.18. The van der Waals surface area contributed by atoms with Crippen LogP contribution in [0.1, 0.15) is 0 Å². The number of sulfonamides is 1. The number of nitrogens with zero attached hydrogens (tertiary/aromatic N) is 1. The van der Waals surface area contributed by atoms with E-state index in [1.165, 1.54) is 12.1 Å². The largest absolute Gasteiger partial charge is 0.476 e. The lowest BCUT2D eigenvalue weighted by Crippen LogP contribution is -2.49. The minimum Gasteiger partial charge on any atom is -0.476 e. The summed E-state index contributed by atoms with van der Waals surface area (Å²) in [7, 11) is -3.80. The van der Waals surface area contributed by atoms with Crippen molar-refractivity contribution >= 4 is 21.6 Å². The SMILES string of the molecule is NC(=O)C1CN(S(=O)(=O)c2ccccc2)c2ccccc2O1. The number of carbonyl (C=O) groups is 1. The zero-order valence-corrected chi connectivity index (χ0v) is 12.4. The molecule has 1 amide bonds. The maximum atomic E-state index is 12.8. The van der Waals surface area contributed by atoms with Gasteiger partial charge in [0.05, 0.1) is 17.1 Å². The van der Waals surface area contributed by atoms with Crippen LogP contribution in [0.15, 0.2) is 59.5 Å². The first-order valence-corrected chi connectivity index (χ1v) is 8.07. The second-order valence-corrected chi connectivity index (χ2v) is 6.69. The highest BCUT2D eigenvalue weighted by molar-refractivity contribution is 7.92. The van der Waals surface area contributed by atoms with Gasteiger partial charge in [0.25, 0.3) is 15.9 Å². The summed E-state index contributed by atoms with van der Waals surface area (Å²) in [6.07, 6.45) is -1.02. The van der Waals surface area contributed by atoms with Gasteiger partial charge in [0.1, 0.15) is 5.75 Å². The lowest BCUT2D eigenvalue weighted by atomic mass is 10.2. The topological polar surface area (TPSA) is 89.7 Å². The molecule has 1 aliphatic rings. The van der Waals surface area contributed by atoms with Gasteiger partial charge in [0.15, 0.2) is 6.10 Å². The Morgan fingerprint density at radius 3 is 2.41 bits per heavy atom. The highest BCUT2D eigenvalue weighted by atomic mass is 32.2. The molecule has 114 valence electrons. The molecule has 6 nitrogen and oxygen atoms in total. The van der Waals surface area contributed by atoms with E-state index in [-0.39, 0.29) is 11.4 Å². The second kappa shape index (κ2) is 5.34. The summed E-state index contributed by atoms with van der Waals surface area (Å²) in [6.45, 7) is -0.149. The number of anilines is 1. The first-order valence-electron chi connectivity index (χ1n) is 6.63. The number of hydrogen-bond acceptors (Lipinski definition) is 4. The number of ether oxygens (including phenoxy) is 1. The summed E-state index contributed by atoms with van der Waals surface area (Å²) in [5.74, 6) is -0.389. The van der Waals surface area contributed by atoms with Crippen molar-refractivity contribution in [2.24, 2.45) is 5.73 Å². The molecule has 0 saturated carbocycles. The molecule has 1 aliphatic heterocycles. The molecule has 1 atom stereocenters. The molecule has 1 heterocycles. The van der Waals surface area contributed by atoms with Gasteiger partial charge >= 0.3 is 0 Å². The van der Waals surface area contributed by atoms with Crippen LogP contribution in [-0.2, 0) is 14.8 Å². The van der Waals surface area contributed by atoms with Crippen LogP contribution in [0.2, 0.25) is 0 Å². The van der Waals surface area contributed by atoms with Crippen molar-refractivity contribution in [3.8, 4) is 5.75 Å². The monoisotopic (exact) mass is 318 g/mol. The van der Waals surface area contributed by atoms with Crippen LogP contribution in [0.25, 0.3) is 0 Å². The van der Waals surface area contributed by atoms with Crippen molar-refractivity contribution in [3.05, 3.63) is 54.6 Å². The first-order chi connectivity index (χ1) is 10.5. The number of amides is 1. The Balaban J connectivity index is 2.11. The van der Waals surface area contributed by atoms with Gasteiger partial charge in [-0.1, -0.05) is 30.3 Å². The van der Waals surface area contributed by atoms with Gasteiger partial charge in [-0.05, 0) is 24.3 Å². The number of carbonyl (C=O) groups excluding carboxylic acids is 1. The fourth-order valence-corrected chi connectivity index (χ4v) is 3.79. The maximum absolute atomic E-state index is 12.8. The van der Waals surface area contributed by atoms with E-state index in [9.17, 15) is 13.2 Å². The van der Waals surface area contributed by atoms with Crippen molar-refractivity contribution in [1.29, 1.82) is 0 Å². The Morgan fingerprint density at radius 2 is 1.73 bits per heavy atom. The molecular weight excluding hydrogens is 304 g/mol. The average Bonchev–Trinajstić information content (AvgIpc) is 2.54. The molecule has 2 N–H and O–H groups in total. The molecule has 0 radical (unpaired) electrons. The summed E-state index contributed by atoms with van der Waals surface area (Å²) >= 11 is 0. The minimum atomic E-state index is -3.80. The van der Waals surface area contributed by atoms with E-state index in [0.717, 1.165) is 4.31 Å². The van der Waals surface area contributed by atoms with Gasteiger partial charge in [0, 0.05) is 0 Å². The zero-order chi connectivity index (χ0) is 15.7. The fourth-order valence-electron chi connectivity index (χ4n) is 2.30. The van der Waals surface area contributed by atoms with E-state index in [1.807, 2.05) is 0 Å². The van der Waals surface area contributed by atoms with Crippen LogP contribution in [0.4, 0.5) is 5.69 Å². The number of fused-ring (bicyclic) bond motifs is 1. The Labute approximate surface area is 128 Å². The molecule has 0 aromatic heterocycles. The van der Waals surface area contributed by atoms with Crippen LogP contribution in [0.5, 0.6) is 5.75 Å². The van der Waals surface area contributed by atoms with E-state index in [2.05, 4.69) is 0 Å². The summed E-state index contributed by atoms with van der Waals surface area (Å²) < 4.78 is 32.3. The Bertz CT molecular complexity index is 805. The van der Waals surface area contributed by atoms with Crippen molar-refractivity contribution in [1.82, 2.24) is 0 Å². The van der Waals surface area contributed by atoms with Crippen molar-refractivity contribution in [2.45, 2.75) is 11.0 Å². The molecule has 0 aliphatic carbocycles. The van der Waals surface area contributed by atoms with E-state index >= 15 is 0 Å². The highest BCUT2D eigenvalue weighted by Gasteiger charge is 2.36. The summed E-state index contributed by atoms with van der Waals surface area (Å²) in [5.41, 5.74) is 5.68. The van der Waals surface area contributed by atoms with Gasteiger partial charge in [0.2, 0.25) is 0 Å². The maximum Gasteiger partial charge on any atom is 0.264 e. The average molecular weight is 318 g/mol. The minimum absolute atomic E-state index is 0.148. The number of hydrogen-bond donors (Lipinski definition) is 1. The third-order valence-electron chi connectivity index (χ3n) is 3.38. The molecule has 0 bridgehead atoms. The van der Waals surface area contributed by atoms with Crippen molar-refractivity contribution < 1.29 is 17.9 Å². The number of nitrogens with two attached hydrogens (primary N) is 1. The predicted molar refractivity (Wildman–Crippen MR) is 81.0 cm³/mol. The highest BCUT2D eigenvalue weighted by Crippen LogP contribution is 2.36. The van der Waals surface area contributed by atoms with Gasteiger partial charge < -0.3 is 10.5 Å². The molecule has 1 unspecified atom stereocenters. The van der Waals surface area contributed by atoms with Crippen LogP contribution < -0.4 is 14.8 Å². The molecule has 3 rings (SSSR count). The zero-order valence-electron chi connectivity index (χ0n) is 11.5. The number of rotatable bonds is 3. The van der Waals surface area contributed by atoms with E-state index in [0.29, 0.717) is 11.4 Å². The standard InChI is InChI=1S/C15H14N2O4S/c16-15(18)14-10-17(12-8-4-5-9-13(12)21-14)22(19,20)11-6-2-1-3-7-11/h1-9,14H,10H2,(H2,16,18). The summed E-state index contributed by atoms with van der Waals surface area (Å²) in [6, 6.07) is 14.7. The van der Waals surface area contributed by atoms with Gasteiger partial charge in [-0.25, -0.2) is 8.42 Å². The first kappa shape index (κ1) is 14.4. The molecule has 2 aromatic carbocycles. The van der Waals surface area contributed by atoms with Gasteiger partial charge in [-0.3, -0.25) is 9.10 Å². The number of para-hydroxylation sites is 2. The predicted octanol–water partition coefficient (Wildman–Crippen LogP) is 1.13. The lowest BCUT2D eigenvalue weighted by molar-refractivity contribution is -0.124. The smallest absolute Gasteiger partial charge is 0.264 e. The van der Waals surface area contributed by atoms with Crippen molar-refractivity contribution in [3.63, 3.8) is 0 Å². The quantitative estimate of drug-likeness (QED) is 0.918. The molecule has 7 heteroatoms.